The highest BCUT2D eigenvalue weighted by molar-refractivity contribution is 5.43. The van der Waals surface area contributed by atoms with Gasteiger partial charge in [0.2, 0.25) is 0 Å². The maximum Gasteiger partial charge on any atom is 0.161 e. The molecular formula is C16H23NO3. The average molecular weight is 277 g/mol. The summed E-state index contributed by atoms with van der Waals surface area (Å²) in [5.74, 6) is 1.67. The van der Waals surface area contributed by atoms with Crippen LogP contribution in [0.3, 0.4) is 0 Å². The highest BCUT2D eigenvalue weighted by Gasteiger charge is 2.26. The number of nitrogens with zero attached hydrogens (tertiary/aromatic N) is 1. The van der Waals surface area contributed by atoms with Crippen molar-refractivity contribution in [3.8, 4) is 11.5 Å². The van der Waals surface area contributed by atoms with Crippen molar-refractivity contribution in [3.05, 3.63) is 23.8 Å². The van der Waals surface area contributed by atoms with Crippen LogP contribution in [0.4, 0.5) is 0 Å². The van der Waals surface area contributed by atoms with Crippen LogP contribution >= 0.6 is 0 Å². The largest absolute Gasteiger partial charge is 0.486 e. The second-order valence-corrected chi connectivity index (χ2v) is 5.81. The van der Waals surface area contributed by atoms with Gasteiger partial charge >= 0.3 is 0 Å². The Bertz CT molecular complexity index is 463. The summed E-state index contributed by atoms with van der Waals surface area (Å²) in [7, 11) is 2.09. The first-order chi connectivity index (χ1) is 9.74. The molecule has 0 bridgehead atoms. The van der Waals surface area contributed by atoms with Crippen LogP contribution in [0.5, 0.6) is 11.5 Å². The van der Waals surface area contributed by atoms with E-state index in [9.17, 15) is 5.11 Å². The monoisotopic (exact) mass is 277 g/mol. The quantitative estimate of drug-likeness (QED) is 0.919. The van der Waals surface area contributed by atoms with E-state index in [2.05, 4.69) is 24.1 Å². The molecule has 110 valence electrons. The first kappa shape index (κ1) is 13.7. The van der Waals surface area contributed by atoms with Crippen LogP contribution in [0, 0.1) is 0 Å². The molecule has 2 unspecified atom stereocenters. The fourth-order valence-electron chi connectivity index (χ4n) is 3.20. The normalized spacial score (nSPS) is 25.8. The molecule has 1 aliphatic carbocycles. The Morgan fingerprint density at radius 3 is 2.70 bits per heavy atom. The average Bonchev–Trinajstić information content (AvgIpc) is 2.47. The van der Waals surface area contributed by atoms with Gasteiger partial charge < -0.3 is 14.6 Å². The van der Waals surface area contributed by atoms with E-state index in [4.69, 9.17) is 9.47 Å². The second-order valence-electron chi connectivity index (χ2n) is 5.81. The van der Waals surface area contributed by atoms with Crippen molar-refractivity contribution in [2.24, 2.45) is 0 Å². The van der Waals surface area contributed by atoms with Gasteiger partial charge in [0.25, 0.3) is 0 Å². The summed E-state index contributed by atoms with van der Waals surface area (Å²) in [5.41, 5.74) is 1.20. The molecule has 1 aromatic carbocycles. The molecule has 4 heteroatoms. The van der Waals surface area contributed by atoms with E-state index in [1.165, 1.54) is 12.0 Å². The lowest BCUT2D eigenvalue weighted by Gasteiger charge is -2.35. The third-order valence-electron chi connectivity index (χ3n) is 4.30. The lowest BCUT2D eigenvalue weighted by molar-refractivity contribution is 0.0288. The zero-order valence-corrected chi connectivity index (χ0v) is 12.0. The van der Waals surface area contributed by atoms with Crippen molar-refractivity contribution < 1.29 is 14.6 Å². The third kappa shape index (κ3) is 2.91. The van der Waals surface area contributed by atoms with Gasteiger partial charge in [0.1, 0.15) is 13.2 Å². The van der Waals surface area contributed by atoms with Crippen LogP contribution in [0.25, 0.3) is 0 Å². The molecule has 0 amide bonds. The molecule has 2 aliphatic rings. The molecule has 0 spiro atoms. The van der Waals surface area contributed by atoms with E-state index in [1.54, 1.807) is 0 Å². The van der Waals surface area contributed by atoms with E-state index in [1.807, 2.05) is 6.07 Å². The Labute approximate surface area is 120 Å². The van der Waals surface area contributed by atoms with Crippen molar-refractivity contribution in [2.75, 3.05) is 20.3 Å². The molecule has 1 aromatic rings. The predicted molar refractivity (Wildman–Crippen MR) is 77.2 cm³/mol. The Hall–Kier alpha value is -1.26. The molecule has 1 N–H and O–H groups in total. The minimum atomic E-state index is -0.189. The zero-order valence-electron chi connectivity index (χ0n) is 12.0. The van der Waals surface area contributed by atoms with E-state index in [-0.39, 0.29) is 12.1 Å². The number of fused-ring (bicyclic) bond motifs is 1. The molecule has 3 rings (SSSR count). The minimum absolute atomic E-state index is 0.189. The first-order valence-electron chi connectivity index (χ1n) is 7.51. The van der Waals surface area contributed by atoms with Crippen LogP contribution in [0.2, 0.25) is 0 Å². The maximum absolute atomic E-state index is 10.1. The zero-order chi connectivity index (χ0) is 13.9. The third-order valence-corrected chi connectivity index (χ3v) is 4.30. The number of hydrogen-bond donors (Lipinski definition) is 1. The van der Waals surface area contributed by atoms with Crippen molar-refractivity contribution in [3.63, 3.8) is 0 Å². The summed E-state index contributed by atoms with van der Waals surface area (Å²) in [4.78, 5) is 2.26. The first-order valence-corrected chi connectivity index (χ1v) is 7.51. The molecular weight excluding hydrogens is 254 g/mol. The van der Waals surface area contributed by atoms with Crippen molar-refractivity contribution >= 4 is 0 Å². The number of likely N-dealkylation sites (N-methyl/N-ethyl adjacent to an activating group) is 1. The highest BCUT2D eigenvalue weighted by atomic mass is 16.6. The topological polar surface area (TPSA) is 41.9 Å². The summed E-state index contributed by atoms with van der Waals surface area (Å²) < 4.78 is 11.2. The van der Waals surface area contributed by atoms with Gasteiger partial charge in [-0.15, -0.1) is 0 Å². The van der Waals surface area contributed by atoms with Crippen molar-refractivity contribution in [2.45, 2.75) is 44.4 Å². The van der Waals surface area contributed by atoms with Gasteiger partial charge in [-0.25, -0.2) is 0 Å². The lowest BCUT2D eigenvalue weighted by Crippen LogP contribution is -2.42. The van der Waals surface area contributed by atoms with Gasteiger partial charge in [0.15, 0.2) is 11.5 Å². The van der Waals surface area contributed by atoms with Crippen molar-refractivity contribution in [1.82, 2.24) is 4.90 Å². The van der Waals surface area contributed by atoms with Gasteiger partial charge in [-0.1, -0.05) is 18.9 Å². The summed E-state index contributed by atoms with van der Waals surface area (Å²) >= 11 is 0. The fourth-order valence-corrected chi connectivity index (χ4v) is 3.20. The smallest absolute Gasteiger partial charge is 0.161 e. The number of aliphatic hydroxyl groups is 1. The van der Waals surface area contributed by atoms with Gasteiger partial charge in [0, 0.05) is 12.6 Å². The van der Waals surface area contributed by atoms with E-state index < -0.39 is 0 Å². The SMILES string of the molecule is CN(Cc1ccc2c(c1)OCCO2)C1CCCCC1O. The van der Waals surface area contributed by atoms with Gasteiger partial charge in [-0.05, 0) is 37.6 Å². The van der Waals surface area contributed by atoms with Crippen LogP contribution in [-0.4, -0.2) is 42.4 Å². The molecule has 4 nitrogen and oxygen atoms in total. The van der Waals surface area contributed by atoms with Crippen LogP contribution in [-0.2, 0) is 6.54 Å². The Balaban J connectivity index is 1.67. The summed E-state index contributed by atoms with van der Waals surface area (Å²) in [5, 5.41) is 10.1. The molecule has 20 heavy (non-hydrogen) atoms. The molecule has 1 fully saturated rings. The number of aliphatic hydroxyl groups excluding tert-OH is 1. The van der Waals surface area contributed by atoms with Gasteiger partial charge in [0.05, 0.1) is 6.10 Å². The Kier molecular flexibility index (Phi) is 4.13. The summed E-state index contributed by atoms with van der Waals surface area (Å²) in [6, 6.07) is 6.39. The maximum atomic E-state index is 10.1. The second kappa shape index (κ2) is 6.02. The number of benzene rings is 1. The Morgan fingerprint density at radius 1 is 1.15 bits per heavy atom. The number of ether oxygens (including phenoxy) is 2. The predicted octanol–water partition coefficient (Wildman–Crippen LogP) is 2.19. The molecule has 1 heterocycles. The summed E-state index contributed by atoms with van der Waals surface area (Å²) in [6.07, 6.45) is 4.19. The molecule has 1 saturated carbocycles. The molecule has 1 aliphatic heterocycles. The fraction of sp³-hybridized carbons (Fsp3) is 0.625. The number of hydrogen-bond acceptors (Lipinski definition) is 4. The van der Waals surface area contributed by atoms with E-state index in [0.717, 1.165) is 37.3 Å². The van der Waals surface area contributed by atoms with Gasteiger partial charge in [-0.3, -0.25) is 4.90 Å². The van der Waals surface area contributed by atoms with Crippen LogP contribution in [0.1, 0.15) is 31.2 Å². The standard InChI is InChI=1S/C16H23NO3/c1-17(13-4-2-3-5-14(13)18)11-12-6-7-15-16(10-12)20-9-8-19-15/h6-7,10,13-14,18H,2-5,8-9,11H2,1H3. The molecule has 0 aromatic heterocycles. The van der Waals surface area contributed by atoms with Crippen molar-refractivity contribution in [1.29, 1.82) is 0 Å². The lowest BCUT2D eigenvalue weighted by atomic mass is 9.91. The van der Waals surface area contributed by atoms with Crippen LogP contribution < -0.4 is 9.47 Å². The number of rotatable bonds is 3. The molecule has 0 radical (unpaired) electrons. The minimum Gasteiger partial charge on any atom is -0.486 e. The molecule has 0 saturated heterocycles. The van der Waals surface area contributed by atoms with Crippen LogP contribution in [0.15, 0.2) is 18.2 Å². The molecule has 2 atom stereocenters. The van der Waals surface area contributed by atoms with Gasteiger partial charge in [-0.2, -0.15) is 0 Å². The highest BCUT2D eigenvalue weighted by Crippen LogP contribution is 2.31. The van der Waals surface area contributed by atoms with E-state index in [0.29, 0.717) is 13.2 Å². The summed E-state index contributed by atoms with van der Waals surface area (Å²) in [6.45, 7) is 2.08. The Morgan fingerprint density at radius 2 is 1.90 bits per heavy atom. The van der Waals surface area contributed by atoms with E-state index >= 15 is 0 Å².